The Morgan fingerprint density at radius 1 is 1.08 bits per heavy atom. The van der Waals surface area contributed by atoms with E-state index in [1.54, 1.807) is 23.1 Å². The maximum Gasteiger partial charge on any atom is 0.253 e. The summed E-state index contributed by atoms with van der Waals surface area (Å²) in [6.45, 7) is 0.537. The first kappa shape index (κ1) is 17.2. The van der Waals surface area contributed by atoms with Crippen molar-refractivity contribution in [1.29, 1.82) is 5.26 Å². The SMILES string of the molecule is N#Cc1cccc(C(=O)N2CC[C@@H](c3ccccc3)S(=O)(=O)CC2)c1. The lowest BCUT2D eigenvalue weighted by atomic mass is 10.1. The molecule has 1 amide bonds. The van der Waals surface area contributed by atoms with Crippen LogP contribution in [0, 0.1) is 11.3 Å². The van der Waals surface area contributed by atoms with E-state index in [-0.39, 0.29) is 18.2 Å². The zero-order valence-electron chi connectivity index (χ0n) is 13.6. The largest absolute Gasteiger partial charge is 0.338 e. The number of carbonyl (C=O) groups excluding carboxylic acids is 1. The molecule has 0 saturated carbocycles. The van der Waals surface area contributed by atoms with Crippen molar-refractivity contribution in [3.05, 3.63) is 71.3 Å². The fourth-order valence-electron chi connectivity index (χ4n) is 3.09. The van der Waals surface area contributed by atoms with E-state index in [1.807, 2.05) is 36.4 Å². The van der Waals surface area contributed by atoms with Crippen molar-refractivity contribution in [2.45, 2.75) is 11.7 Å². The third-order valence-corrected chi connectivity index (χ3v) is 6.56. The first-order chi connectivity index (χ1) is 12.0. The predicted molar refractivity (Wildman–Crippen MR) is 94.6 cm³/mol. The number of amides is 1. The van der Waals surface area contributed by atoms with Crippen molar-refractivity contribution < 1.29 is 13.2 Å². The standard InChI is InChI=1S/C19H18N2O3S/c20-14-15-5-4-8-17(13-15)19(22)21-10-9-18(25(23,24)12-11-21)16-6-2-1-3-7-16/h1-8,13,18H,9-12H2/t18-/m0/s1. The molecular formula is C19H18N2O3S. The van der Waals surface area contributed by atoms with Gasteiger partial charge in [0.05, 0.1) is 22.6 Å². The van der Waals surface area contributed by atoms with Crippen LogP contribution in [-0.2, 0) is 9.84 Å². The highest BCUT2D eigenvalue weighted by Crippen LogP contribution is 2.29. The minimum atomic E-state index is -3.32. The van der Waals surface area contributed by atoms with Gasteiger partial charge >= 0.3 is 0 Å². The Labute approximate surface area is 147 Å². The Bertz CT molecular complexity index is 917. The highest BCUT2D eigenvalue weighted by atomic mass is 32.2. The highest BCUT2D eigenvalue weighted by molar-refractivity contribution is 7.91. The van der Waals surface area contributed by atoms with E-state index >= 15 is 0 Å². The maximum atomic E-state index is 12.7. The molecule has 2 aromatic carbocycles. The molecule has 0 bridgehead atoms. The molecule has 3 rings (SSSR count). The molecule has 0 unspecified atom stereocenters. The molecule has 1 aliphatic rings. The summed E-state index contributed by atoms with van der Waals surface area (Å²) < 4.78 is 25.3. The molecule has 5 nitrogen and oxygen atoms in total. The maximum absolute atomic E-state index is 12.7. The minimum absolute atomic E-state index is 0.0593. The van der Waals surface area contributed by atoms with Gasteiger partial charge in [-0.05, 0) is 30.2 Å². The number of hydrogen-bond acceptors (Lipinski definition) is 4. The average Bonchev–Trinajstić information content (AvgIpc) is 2.80. The molecular weight excluding hydrogens is 336 g/mol. The van der Waals surface area contributed by atoms with Crippen LogP contribution in [0.25, 0.3) is 0 Å². The predicted octanol–water partition coefficient (Wildman–Crippen LogP) is 2.56. The van der Waals surface area contributed by atoms with E-state index in [4.69, 9.17) is 5.26 Å². The van der Waals surface area contributed by atoms with E-state index < -0.39 is 15.1 Å². The van der Waals surface area contributed by atoms with Gasteiger partial charge in [0, 0.05) is 18.7 Å². The minimum Gasteiger partial charge on any atom is -0.338 e. The van der Waals surface area contributed by atoms with Gasteiger partial charge in [0.15, 0.2) is 9.84 Å². The van der Waals surface area contributed by atoms with Crippen LogP contribution in [0.15, 0.2) is 54.6 Å². The molecule has 25 heavy (non-hydrogen) atoms. The normalized spacial score (nSPS) is 19.6. The fourth-order valence-corrected chi connectivity index (χ4v) is 4.89. The molecule has 128 valence electrons. The first-order valence-corrected chi connectivity index (χ1v) is 9.79. The molecule has 1 atom stereocenters. The highest BCUT2D eigenvalue weighted by Gasteiger charge is 2.32. The molecule has 0 spiro atoms. The van der Waals surface area contributed by atoms with Crippen molar-refractivity contribution in [2.24, 2.45) is 0 Å². The number of rotatable bonds is 2. The second kappa shape index (κ2) is 7.08. The molecule has 1 heterocycles. The summed E-state index contributed by atoms with van der Waals surface area (Å²) in [6, 6.07) is 17.6. The van der Waals surface area contributed by atoms with Crippen LogP contribution < -0.4 is 0 Å². The molecule has 1 saturated heterocycles. The van der Waals surface area contributed by atoms with Gasteiger partial charge in [0.2, 0.25) is 0 Å². The summed E-state index contributed by atoms with van der Waals surface area (Å²) in [4.78, 5) is 14.3. The Kier molecular flexibility index (Phi) is 4.86. The smallest absolute Gasteiger partial charge is 0.253 e. The van der Waals surface area contributed by atoms with Crippen LogP contribution in [0.5, 0.6) is 0 Å². The van der Waals surface area contributed by atoms with Crippen LogP contribution in [0.4, 0.5) is 0 Å². The lowest BCUT2D eigenvalue weighted by Gasteiger charge is -2.20. The van der Waals surface area contributed by atoms with Gasteiger partial charge in [0.25, 0.3) is 5.91 Å². The lowest BCUT2D eigenvalue weighted by Crippen LogP contribution is -2.33. The summed E-state index contributed by atoms with van der Waals surface area (Å²) >= 11 is 0. The van der Waals surface area contributed by atoms with E-state index in [0.29, 0.717) is 24.1 Å². The number of nitrogens with zero attached hydrogens (tertiary/aromatic N) is 2. The van der Waals surface area contributed by atoms with Crippen molar-refractivity contribution in [3.8, 4) is 6.07 Å². The molecule has 0 N–H and O–H groups in total. The van der Waals surface area contributed by atoms with E-state index in [9.17, 15) is 13.2 Å². The third-order valence-electron chi connectivity index (χ3n) is 4.44. The third kappa shape index (κ3) is 3.72. The first-order valence-electron chi connectivity index (χ1n) is 8.07. The van der Waals surface area contributed by atoms with Gasteiger partial charge in [0.1, 0.15) is 0 Å². The van der Waals surface area contributed by atoms with Crippen molar-refractivity contribution in [2.75, 3.05) is 18.8 Å². The zero-order chi connectivity index (χ0) is 17.9. The van der Waals surface area contributed by atoms with E-state index in [2.05, 4.69) is 0 Å². The molecule has 0 aromatic heterocycles. The molecule has 0 aliphatic carbocycles. The van der Waals surface area contributed by atoms with Crippen molar-refractivity contribution in [3.63, 3.8) is 0 Å². The lowest BCUT2D eigenvalue weighted by molar-refractivity contribution is 0.0766. The molecule has 1 fully saturated rings. The van der Waals surface area contributed by atoms with Crippen molar-refractivity contribution >= 4 is 15.7 Å². The number of benzene rings is 2. The van der Waals surface area contributed by atoms with Crippen LogP contribution in [-0.4, -0.2) is 38.1 Å². The van der Waals surface area contributed by atoms with Crippen LogP contribution in [0.1, 0.15) is 33.2 Å². The van der Waals surface area contributed by atoms with Crippen molar-refractivity contribution in [1.82, 2.24) is 4.90 Å². The van der Waals surface area contributed by atoms with Crippen LogP contribution >= 0.6 is 0 Å². The second-order valence-electron chi connectivity index (χ2n) is 6.04. The summed E-state index contributed by atoms with van der Waals surface area (Å²) in [6.07, 6.45) is 0.371. The number of carbonyl (C=O) groups is 1. The average molecular weight is 354 g/mol. The van der Waals surface area contributed by atoms with Gasteiger partial charge in [-0.15, -0.1) is 0 Å². The van der Waals surface area contributed by atoms with Gasteiger partial charge in [-0.1, -0.05) is 36.4 Å². The summed E-state index contributed by atoms with van der Waals surface area (Å²) in [5.74, 6) is -0.294. The monoisotopic (exact) mass is 354 g/mol. The quantitative estimate of drug-likeness (QED) is 0.830. The summed E-state index contributed by atoms with van der Waals surface area (Å²) in [5, 5.41) is 8.39. The summed E-state index contributed by atoms with van der Waals surface area (Å²) in [5.41, 5.74) is 1.59. The van der Waals surface area contributed by atoms with Gasteiger partial charge < -0.3 is 4.90 Å². The Morgan fingerprint density at radius 2 is 1.84 bits per heavy atom. The number of nitriles is 1. The zero-order valence-corrected chi connectivity index (χ0v) is 14.4. The number of hydrogen-bond donors (Lipinski definition) is 0. The molecule has 2 aromatic rings. The molecule has 0 radical (unpaired) electrons. The Balaban J connectivity index is 1.83. The Hall–Kier alpha value is -2.65. The second-order valence-corrected chi connectivity index (χ2v) is 8.34. The van der Waals surface area contributed by atoms with E-state index in [0.717, 1.165) is 5.56 Å². The topological polar surface area (TPSA) is 78.2 Å². The van der Waals surface area contributed by atoms with E-state index in [1.165, 1.54) is 6.07 Å². The Morgan fingerprint density at radius 3 is 2.56 bits per heavy atom. The number of sulfone groups is 1. The van der Waals surface area contributed by atoms with Crippen LogP contribution in [0.2, 0.25) is 0 Å². The van der Waals surface area contributed by atoms with Gasteiger partial charge in [-0.3, -0.25) is 4.79 Å². The summed E-state index contributed by atoms with van der Waals surface area (Å²) in [7, 11) is -3.32. The fraction of sp³-hybridized carbons (Fsp3) is 0.263. The van der Waals surface area contributed by atoms with Gasteiger partial charge in [-0.25, -0.2) is 8.42 Å². The van der Waals surface area contributed by atoms with Crippen LogP contribution in [0.3, 0.4) is 0 Å². The van der Waals surface area contributed by atoms with Gasteiger partial charge in [-0.2, -0.15) is 5.26 Å². The molecule has 6 heteroatoms. The molecule has 1 aliphatic heterocycles.